The van der Waals surface area contributed by atoms with Gasteiger partial charge in [0.2, 0.25) is 0 Å². The molecule has 0 fully saturated rings. The van der Waals surface area contributed by atoms with E-state index in [1.54, 1.807) is 0 Å². The molecule has 0 aliphatic heterocycles. The van der Waals surface area contributed by atoms with Crippen LogP contribution in [0.25, 0.3) is 0 Å². The van der Waals surface area contributed by atoms with Crippen LogP contribution in [0.5, 0.6) is 0 Å². The van der Waals surface area contributed by atoms with Crippen LogP contribution < -0.4 is 0 Å². The van der Waals surface area contributed by atoms with Crippen molar-refractivity contribution in [3.8, 4) is 0 Å². The summed E-state index contributed by atoms with van der Waals surface area (Å²) in [5.74, 6) is -1.54. The van der Waals surface area contributed by atoms with Crippen LogP contribution in [0, 0.1) is 10.1 Å². The monoisotopic (exact) mass is 265 g/mol. The van der Waals surface area contributed by atoms with Crippen molar-refractivity contribution in [2.24, 2.45) is 0 Å². The van der Waals surface area contributed by atoms with Gasteiger partial charge in [-0.15, -0.1) is 13.2 Å². The predicted molar refractivity (Wildman–Crippen MR) is 50.9 cm³/mol. The number of nitro groups is 1. The number of hydrogen-bond acceptors (Lipinski definition) is 4. The minimum absolute atomic E-state index is 0.149. The van der Waals surface area contributed by atoms with E-state index >= 15 is 0 Å². The van der Waals surface area contributed by atoms with Gasteiger partial charge >= 0.3 is 12.3 Å². The Bertz CT molecular complexity index is 486. The summed E-state index contributed by atoms with van der Waals surface area (Å²) < 4.78 is 38.8. The number of ether oxygens (including phenoxy) is 1. The summed E-state index contributed by atoms with van der Waals surface area (Å²) in [5.41, 5.74) is -1.54. The Morgan fingerprint density at radius 3 is 2.50 bits per heavy atom. The van der Waals surface area contributed by atoms with E-state index in [-0.39, 0.29) is 5.56 Å². The number of nitrogens with zero attached hydrogens (tertiary/aromatic N) is 1. The SMILES string of the molecule is O=C(O)c1ccc(COC(F)(F)F)cc1[N+](=O)[O-]. The second kappa shape index (κ2) is 5.00. The third kappa shape index (κ3) is 3.70. The zero-order chi connectivity index (χ0) is 13.9. The Hall–Kier alpha value is -2.16. The Balaban J connectivity index is 3.01. The van der Waals surface area contributed by atoms with Crippen molar-refractivity contribution in [1.82, 2.24) is 0 Å². The van der Waals surface area contributed by atoms with Gasteiger partial charge in [-0.2, -0.15) is 0 Å². The topological polar surface area (TPSA) is 89.7 Å². The van der Waals surface area contributed by atoms with Crippen molar-refractivity contribution < 1.29 is 32.7 Å². The van der Waals surface area contributed by atoms with Crippen LogP contribution in [0.2, 0.25) is 0 Å². The van der Waals surface area contributed by atoms with Crippen molar-refractivity contribution in [3.63, 3.8) is 0 Å². The Labute approximate surface area is 97.7 Å². The van der Waals surface area contributed by atoms with Crippen molar-refractivity contribution in [3.05, 3.63) is 39.4 Å². The fraction of sp³-hybridized carbons (Fsp3) is 0.222. The summed E-state index contributed by atoms with van der Waals surface area (Å²) in [6.07, 6.45) is -4.86. The lowest BCUT2D eigenvalue weighted by Gasteiger charge is -2.07. The van der Waals surface area contributed by atoms with Gasteiger partial charge in [0.15, 0.2) is 0 Å². The van der Waals surface area contributed by atoms with Crippen molar-refractivity contribution >= 4 is 11.7 Å². The maximum Gasteiger partial charge on any atom is 0.522 e. The minimum atomic E-state index is -4.86. The first-order valence-corrected chi connectivity index (χ1v) is 4.42. The molecular formula is C9H6F3NO5. The molecule has 0 aromatic heterocycles. The molecule has 6 nitrogen and oxygen atoms in total. The van der Waals surface area contributed by atoms with Gasteiger partial charge in [0, 0.05) is 6.07 Å². The average Bonchev–Trinajstić information content (AvgIpc) is 2.24. The fourth-order valence-electron chi connectivity index (χ4n) is 1.16. The lowest BCUT2D eigenvalue weighted by atomic mass is 10.1. The summed E-state index contributed by atoms with van der Waals surface area (Å²) in [7, 11) is 0. The number of rotatable bonds is 4. The summed E-state index contributed by atoms with van der Waals surface area (Å²) in [6.45, 7) is -0.926. The molecule has 9 heteroatoms. The number of alkyl halides is 3. The van der Waals surface area contributed by atoms with E-state index in [0.29, 0.717) is 0 Å². The summed E-state index contributed by atoms with van der Waals surface area (Å²) in [6, 6.07) is 2.60. The molecule has 0 radical (unpaired) electrons. The van der Waals surface area contributed by atoms with Crippen LogP contribution in [-0.4, -0.2) is 22.4 Å². The van der Waals surface area contributed by atoms with Crippen molar-refractivity contribution in [1.29, 1.82) is 0 Å². The highest BCUT2D eigenvalue weighted by atomic mass is 19.4. The van der Waals surface area contributed by atoms with E-state index in [4.69, 9.17) is 5.11 Å². The quantitative estimate of drug-likeness (QED) is 0.666. The number of halogens is 3. The van der Waals surface area contributed by atoms with E-state index in [0.717, 1.165) is 18.2 Å². The Kier molecular flexibility index (Phi) is 3.86. The molecule has 0 aliphatic carbocycles. The fourth-order valence-corrected chi connectivity index (χ4v) is 1.16. The molecule has 0 spiro atoms. The van der Waals surface area contributed by atoms with Crippen LogP contribution in [0.4, 0.5) is 18.9 Å². The molecule has 0 atom stereocenters. The minimum Gasteiger partial charge on any atom is -0.477 e. The van der Waals surface area contributed by atoms with Crippen LogP contribution in [-0.2, 0) is 11.3 Å². The van der Waals surface area contributed by atoms with E-state index < -0.39 is 35.1 Å². The zero-order valence-corrected chi connectivity index (χ0v) is 8.60. The molecule has 0 aliphatic rings. The van der Waals surface area contributed by atoms with E-state index in [2.05, 4.69) is 4.74 Å². The predicted octanol–water partition coefficient (Wildman–Crippen LogP) is 2.33. The van der Waals surface area contributed by atoms with Gasteiger partial charge in [0.05, 0.1) is 11.5 Å². The average molecular weight is 265 g/mol. The number of hydrogen-bond donors (Lipinski definition) is 1. The number of carbonyl (C=O) groups is 1. The van der Waals surface area contributed by atoms with Gasteiger partial charge in [-0.1, -0.05) is 6.07 Å². The molecule has 0 heterocycles. The number of aromatic carboxylic acids is 1. The molecule has 0 unspecified atom stereocenters. The first-order chi connectivity index (χ1) is 8.20. The van der Waals surface area contributed by atoms with Gasteiger partial charge in [-0.05, 0) is 11.6 Å². The second-order valence-electron chi connectivity index (χ2n) is 3.15. The first kappa shape index (κ1) is 13.9. The number of carboxylic acid groups (broad SMARTS) is 1. The first-order valence-electron chi connectivity index (χ1n) is 4.42. The third-order valence-electron chi connectivity index (χ3n) is 1.89. The van der Waals surface area contributed by atoms with Crippen molar-refractivity contribution in [2.75, 3.05) is 0 Å². The smallest absolute Gasteiger partial charge is 0.477 e. The van der Waals surface area contributed by atoms with E-state index in [1.165, 1.54) is 0 Å². The highest BCUT2D eigenvalue weighted by Gasteiger charge is 2.29. The molecule has 1 N–H and O–H groups in total. The molecule has 1 rings (SSSR count). The standard InChI is InChI=1S/C9H6F3NO5/c10-9(11,12)18-4-5-1-2-6(8(14)15)7(3-5)13(16)17/h1-3H,4H2,(H,14,15). The lowest BCUT2D eigenvalue weighted by Crippen LogP contribution is -2.13. The van der Waals surface area contributed by atoms with Gasteiger partial charge in [0.1, 0.15) is 5.56 Å². The van der Waals surface area contributed by atoms with E-state index in [1.807, 2.05) is 0 Å². The molecule has 1 aromatic rings. The Morgan fingerprint density at radius 2 is 2.06 bits per heavy atom. The molecule has 1 aromatic carbocycles. The lowest BCUT2D eigenvalue weighted by molar-refractivity contribution is -0.385. The maximum absolute atomic E-state index is 11.8. The van der Waals surface area contributed by atoms with Gasteiger partial charge in [-0.25, -0.2) is 4.79 Å². The van der Waals surface area contributed by atoms with Crippen LogP contribution in [0.15, 0.2) is 18.2 Å². The summed E-state index contributed by atoms with van der Waals surface area (Å²) in [5, 5.41) is 19.2. The van der Waals surface area contributed by atoms with Crippen LogP contribution in [0.1, 0.15) is 15.9 Å². The number of nitro benzene ring substituents is 1. The second-order valence-corrected chi connectivity index (χ2v) is 3.15. The van der Waals surface area contributed by atoms with Crippen LogP contribution >= 0.6 is 0 Å². The number of carboxylic acids is 1. The molecule has 0 saturated carbocycles. The third-order valence-corrected chi connectivity index (χ3v) is 1.89. The molecule has 0 saturated heterocycles. The highest BCUT2D eigenvalue weighted by molar-refractivity contribution is 5.92. The van der Waals surface area contributed by atoms with Crippen molar-refractivity contribution in [2.45, 2.75) is 13.0 Å². The molecule has 18 heavy (non-hydrogen) atoms. The largest absolute Gasteiger partial charge is 0.522 e. The normalized spacial score (nSPS) is 11.3. The molecule has 0 amide bonds. The highest BCUT2D eigenvalue weighted by Crippen LogP contribution is 2.23. The zero-order valence-electron chi connectivity index (χ0n) is 8.60. The molecule has 0 bridgehead atoms. The molecular weight excluding hydrogens is 259 g/mol. The Morgan fingerprint density at radius 1 is 1.44 bits per heavy atom. The van der Waals surface area contributed by atoms with Gasteiger partial charge < -0.3 is 5.11 Å². The van der Waals surface area contributed by atoms with Gasteiger partial charge in [-0.3, -0.25) is 14.9 Å². The number of benzene rings is 1. The van der Waals surface area contributed by atoms with Crippen LogP contribution in [0.3, 0.4) is 0 Å². The summed E-state index contributed by atoms with van der Waals surface area (Å²) in [4.78, 5) is 20.2. The molecule has 98 valence electrons. The van der Waals surface area contributed by atoms with E-state index in [9.17, 15) is 28.1 Å². The van der Waals surface area contributed by atoms with Gasteiger partial charge in [0.25, 0.3) is 5.69 Å². The summed E-state index contributed by atoms with van der Waals surface area (Å²) >= 11 is 0. The maximum atomic E-state index is 11.8.